The van der Waals surface area contributed by atoms with Crippen LogP contribution in [0.15, 0.2) is 118 Å². The van der Waals surface area contributed by atoms with Gasteiger partial charge in [-0.1, -0.05) is 72.8 Å². The van der Waals surface area contributed by atoms with Gasteiger partial charge in [0.05, 0.1) is 11.4 Å². The third kappa shape index (κ3) is 2.75. The topological polar surface area (TPSA) is 57.9 Å². The van der Waals surface area contributed by atoms with Crippen LogP contribution in [0.1, 0.15) is 0 Å². The van der Waals surface area contributed by atoms with Gasteiger partial charge in [-0.2, -0.15) is 0 Å². The Labute approximate surface area is 205 Å². The minimum atomic E-state index is 0.809. The van der Waals surface area contributed by atoms with Crippen LogP contribution < -0.4 is 0 Å². The highest BCUT2D eigenvalue weighted by molar-refractivity contribution is 6.14. The summed E-state index contributed by atoms with van der Waals surface area (Å²) >= 11 is 0. The molecule has 0 saturated carbocycles. The second-order valence-electron chi connectivity index (χ2n) is 9.14. The molecule has 4 nitrogen and oxygen atoms in total. The van der Waals surface area contributed by atoms with E-state index in [2.05, 4.69) is 82.8 Å². The van der Waals surface area contributed by atoms with Gasteiger partial charge < -0.3 is 18.8 Å². The Bertz CT molecular complexity index is 1850. The normalized spacial score (nSPS) is 11.9. The van der Waals surface area contributed by atoms with E-state index < -0.39 is 0 Å². The quantitative estimate of drug-likeness (QED) is 0.274. The highest BCUT2D eigenvalue weighted by Gasteiger charge is 2.25. The van der Waals surface area contributed by atoms with Crippen LogP contribution >= 0.6 is 0 Å². The van der Waals surface area contributed by atoms with Crippen molar-refractivity contribution in [2.24, 2.45) is 0 Å². The van der Waals surface area contributed by atoms with Gasteiger partial charge >= 0.3 is 0 Å². The van der Waals surface area contributed by atoms with Crippen molar-refractivity contribution in [2.75, 3.05) is 0 Å². The van der Waals surface area contributed by atoms with E-state index >= 15 is 0 Å². The summed E-state index contributed by atoms with van der Waals surface area (Å²) in [6.45, 7) is 0. The predicted molar refractivity (Wildman–Crippen MR) is 146 cm³/mol. The molecule has 36 heavy (non-hydrogen) atoms. The van der Waals surface area contributed by atoms with E-state index in [1.54, 1.807) is 0 Å². The standard InChI is InChI=1S/C32H20N2O2/c1-7-15-25-19(9-1)17-27(35-25)31-29(21-11-3-5-13-23(21)33-31)30-22-12-4-6-14-24(22)34-32(30)28-18-20-10-2-8-16-26(20)36-28/h1-18,33-34H. The van der Waals surface area contributed by atoms with E-state index in [1.807, 2.05) is 36.4 Å². The number of para-hydroxylation sites is 4. The zero-order valence-corrected chi connectivity index (χ0v) is 19.2. The van der Waals surface area contributed by atoms with Gasteiger partial charge in [0.25, 0.3) is 0 Å². The summed E-state index contributed by atoms with van der Waals surface area (Å²) in [5, 5.41) is 4.42. The molecule has 170 valence electrons. The molecule has 4 aromatic heterocycles. The van der Waals surface area contributed by atoms with Gasteiger partial charge in [-0.3, -0.25) is 0 Å². The molecule has 4 aromatic carbocycles. The lowest BCUT2D eigenvalue weighted by atomic mass is 9.96. The number of benzene rings is 4. The first-order valence-electron chi connectivity index (χ1n) is 12.0. The average Bonchev–Trinajstić information content (AvgIpc) is 3.69. The predicted octanol–water partition coefficient (Wildman–Crippen LogP) is 9.14. The summed E-state index contributed by atoms with van der Waals surface area (Å²) in [5.74, 6) is 1.62. The molecule has 0 amide bonds. The average molecular weight is 465 g/mol. The zero-order valence-electron chi connectivity index (χ0n) is 19.2. The maximum Gasteiger partial charge on any atom is 0.152 e. The smallest absolute Gasteiger partial charge is 0.152 e. The molecular formula is C32H20N2O2. The Hall–Kier alpha value is -4.96. The van der Waals surface area contributed by atoms with E-state index in [0.29, 0.717) is 0 Å². The molecule has 0 atom stereocenters. The van der Waals surface area contributed by atoms with Crippen molar-refractivity contribution in [3.8, 4) is 34.0 Å². The Morgan fingerprint density at radius 3 is 1.33 bits per heavy atom. The largest absolute Gasteiger partial charge is 0.455 e. The minimum absolute atomic E-state index is 0.809. The number of H-pyrrole nitrogens is 2. The third-order valence-electron chi connectivity index (χ3n) is 7.01. The highest BCUT2D eigenvalue weighted by atomic mass is 16.3. The summed E-state index contributed by atoms with van der Waals surface area (Å²) in [7, 11) is 0. The molecule has 0 fully saturated rings. The van der Waals surface area contributed by atoms with Gasteiger partial charge in [0.2, 0.25) is 0 Å². The lowest BCUT2D eigenvalue weighted by molar-refractivity contribution is 0.628. The fraction of sp³-hybridized carbons (Fsp3) is 0. The van der Waals surface area contributed by atoms with Crippen LogP contribution in [0.5, 0.6) is 0 Å². The number of rotatable bonds is 3. The molecule has 4 heterocycles. The van der Waals surface area contributed by atoms with Crippen LogP contribution in [-0.2, 0) is 0 Å². The molecular weight excluding hydrogens is 444 g/mol. The Morgan fingerprint density at radius 2 is 0.861 bits per heavy atom. The van der Waals surface area contributed by atoms with Crippen LogP contribution in [-0.4, -0.2) is 9.97 Å². The van der Waals surface area contributed by atoms with Gasteiger partial charge in [0.1, 0.15) is 11.2 Å². The van der Waals surface area contributed by atoms with E-state index in [-0.39, 0.29) is 0 Å². The number of hydrogen-bond donors (Lipinski definition) is 2. The molecule has 0 saturated heterocycles. The fourth-order valence-corrected chi connectivity index (χ4v) is 5.38. The lowest BCUT2D eigenvalue weighted by Crippen LogP contribution is -1.84. The maximum atomic E-state index is 6.36. The summed E-state index contributed by atoms with van der Waals surface area (Å²) in [6, 6.07) is 37.3. The zero-order chi connectivity index (χ0) is 23.6. The molecule has 0 radical (unpaired) electrons. The van der Waals surface area contributed by atoms with Crippen LogP contribution in [0.3, 0.4) is 0 Å². The first kappa shape index (κ1) is 19.4. The molecule has 0 unspecified atom stereocenters. The van der Waals surface area contributed by atoms with Crippen LogP contribution in [0.25, 0.3) is 77.8 Å². The van der Waals surface area contributed by atoms with Crippen LogP contribution in [0.4, 0.5) is 0 Å². The Kier molecular flexibility index (Phi) is 3.91. The molecule has 2 N–H and O–H groups in total. The summed E-state index contributed by atoms with van der Waals surface area (Å²) < 4.78 is 12.7. The van der Waals surface area contributed by atoms with E-state index in [1.165, 1.54) is 0 Å². The molecule has 0 spiro atoms. The molecule has 8 rings (SSSR count). The second kappa shape index (κ2) is 7.27. The summed E-state index contributed by atoms with van der Waals surface area (Å²) in [6.07, 6.45) is 0. The molecule has 8 aromatic rings. The summed E-state index contributed by atoms with van der Waals surface area (Å²) in [4.78, 5) is 7.32. The van der Waals surface area contributed by atoms with E-state index in [0.717, 1.165) is 77.8 Å². The number of fused-ring (bicyclic) bond motifs is 4. The van der Waals surface area contributed by atoms with Crippen molar-refractivity contribution in [1.29, 1.82) is 0 Å². The SMILES string of the molecule is c1ccc2oc(-c3[nH]c4ccccc4c3-c3c(-c4cc5ccccc5o4)[nH]c4ccccc34)cc2c1. The third-order valence-corrected chi connectivity index (χ3v) is 7.01. The van der Waals surface area contributed by atoms with Crippen LogP contribution in [0.2, 0.25) is 0 Å². The second-order valence-corrected chi connectivity index (χ2v) is 9.14. The summed E-state index contributed by atoms with van der Waals surface area (Å²) in [5.41, 5.74) is 7.95. The van der Waals surface area contributed by atoms with E-state index in [4.69, 9.17) is 8.83 Å². The first-order chi connectivity index (χ1) is 17.8. The van der Waals surface area contributed by atoms with Crippen molar-refractivity contribution in [1.82, 2.24) is 9.97 Å². The fourth-order valence-electron chi connectivity index (χ4n) is 5.38. The van der Waals surface area contributed by atoms with Gasteiger partial charge in [-0.05, 0) is 36.4 Å². The first-order valence-corrected chi connectivity index (χ1v) is 12.0. The number of aromatic nitrogens is 2. The number of hydrogen-bond acceptors (Lipinski definition) is 2. The van der Waals surface area contributed by atoms with Gasteiger partial charge in [0.15, 0.2) is 11.5 Å². The van der Waals surface area contributed by atoms with Gasteiger partial charge in [-0.25, -0.2) is 0 Å². The number of aromatic amines is 2. The Balaban J connectivity index is 1.49. The van der Waals surface area contributed by atoms with Crippen molar-refractivity contribution in [2.45, 2.75) is 0 Å². The molecule has 0 aliphatic carbocycles. The van der Waals surface area contributed by atoms with Crippen molar-refractivity contribution in [3.05, 3.63) is 109 Å². The monoisotopic (exact) mass is 464 g/mol. The molecule has 4 heteroatoms. The molecule has 0 aliphatic rings. The van der Waals surface area contributed by atoms with Crippen molar-refractivity contribution >= 4 is 43.7 Å². The maximum absolute atomic E-state index is 6.36. The van der Waals surface area contributed by atoms with Crippen LogP contribution in [0, 0.1) is 0 Å². The van der Waals surface area contributed by atoms with E-state index in [9.17, 15) is 0 Å². The highest BCUT2D eigenvalue weighted by Crippen LogP contribution is 2.47. The van der Waals surface area contributed by atoms with Gasteiger partial charge in [0, 0.05) is 43.7 Å². The molecule has 0 aliphatic heterocycles. The van der Waals surface area contributed by atoms with Gasteiger partial charge in [-0.15, -0.1) is 0 Å². The number of furan rings is 2. The lowest BCUT2D eigenvalue weighted by Gasteiger charge is -2.06. The Morgan fingerprint density at radius 1 is 0.444 bits per heavy atom. The molecule has 0 bridgehead atoms. The van der Waals surface area contributed by atoms with Crippen molar-refractivity contribution < 1.29 is 8.83 Å². The number of nitrogens with one attached hydrogen (secondary N) is 2. The van der Waals surface area contributed by atoms with Crippen molar-refractivity contribution in [3.63, 3.8) is 0 Å². The minimum Gasteiger partial charge on any atom is -0.455 e.